The van der Waals surface area contributed by atoms with Crippen LogP contribution in [-0.4, -0.2) is 35.8 Å². The van der Waals surface area contributed by atoms with E-state index in [4.69, 9.17) is 4.74 Å². The second kappa shape index (κ2) is 6.02. The van der Waals surface area contributed by atoms with Gasteiger partial charge in [0.25, 0.3) is 0 Å². The van der Waals surface area contributed by atoms with Gasteiger partial charge in [-0.2, -0.15) is 0 Å². The lowest BCUT2D eigenvalue weighted by Crippen LogP contribution is -2.39. The smallest absolute Gasteiger partial charge is 0.244 e. The van der Waals surface area contributed by atoms with Crippen molar-refractivity contribution in [1.82, 2.24) is 4.90 Å². The van der Waals surface area contributed by atoms with Crippen LogP contribution in [0.3, 0.4) is 0 Å². The van der Waals surface area contributed by atoms with Crippen molar-refractivity contribution < 1.29 is 19.1 Å². The molecule has 1 aliphatic heterocycles. The molecule has 1 saturated carbocycles. The molecule has 25 heavy (non-hydrogen) atoms. The quantitative estimate of drug-likeness (QED) is 0.655. The molecule has 4 atom stereocenters. The summed E-state index contributed by atoms with van der Waals surface area (Å²) in [5, 5.41) is 2.73. The minimum Gasteiger partial charge on any atom is -0.494 e. The third kappa shape index (κ3) is 2.62. The van der Waals surface area contributed by atoms with E-state index in [-0.39, 0.29) is 47.9 Å². The maximum absolute atomic E-state index is 12.6. The van der Waals surface area contributed by atoms with Crippen LogP contribution in [0.5, 0.6) is 5.75 Å². The van der Waals surface area contributed by atoms with Crippen molar-refractivity contribution in [1.29, 1.82) is 0 Å². The molecule has 1 aromatic rings. The highest BCUT2D eigenvalue weighted by Gasteiger charge is 2.59. The predicted molar refractivity (Wildman–Crippen MR) is 90.7 cm³/mol. The summed E-state index contributed by atoms with van der Waals surface area (Å²) in [7, 11) is 0. The number of allylic oxidation sites excluding steroid dienone is 2. The molecule has 0 radical (unpaired) electrons. The minimum absolute atomic E-state index is 0.158. The molecule has 0 unspecified atom stereocenters. The molecular weight excluding hydrogens is 320 g/mol. The molecule has 3 amide bonds. The van der Waals surface area contributed by atoms with Crippen molar-refractivity contribution in [2.75, 3.05) is 18.5 Å². The average Bonchev–Trinajstić information content (AvgIpc) is 3.27. The maximum atomic E-state index is 12.6. The number of anilines is 1. The van der Waals surface area contributed by atoms with Crippen LogP contribution >= 0.6 is 0 Å². The Morgan fingerprint density at radius 1 is 1.12 bits per heavy atom. The number of nitrogens with zero attached hydrogens (tertiary/aromatic N) is 1. The largest absolute Gasteiger partial charge is 0.494 e. The van der Waals surface area contributed by atoms with Gasteiger partial charge in [-0.3, -0.25) is 19.3 Å². The molecular formula is C19H20N2O4. The number of hydrogen-bond acceptors (Lipinski definition) is 4. The Hall–Kier alpha value is -2.63. The molecule has 2 bridgehead atoms. The zero-order valence-electron chi connectivity index (χ0n) is 14.0. The third-order valence-electron chi connectivity index (χ3n) is 5.31. The van der Waals surface area contributed by atoms with E-state index in [1.54, 1.807) is 24.3 Å². The van der Waals surface area contributed by atoms with Gasteiger partial charge < -0.3 is 10.1 Å². The summed E-state index contributed by atoms with van der Waals surface area (Å²) in [6.45, 7) is 2.25. The van der Waals surface area contributed by atoms with Gasteiger partial charge >= 0.3 is 0 Å². The zero-order valence-corrected chi connectivity index (χ0v) is 14.0. The van der Waals surface area contributed by atoms with Crippen LogP contribution in [0.1, 0.15) is 13.3 Å². The fourth-order valence-corrected chi connectivity index (χ4v) is 4.27. The Kier molecular flexibility index (Phi) is 3.82. The lowest BCUT2D eigenvalue weighted by atomic mass is 9.85. The monoisotopic (exact) mass is 340 g/mol. The first-order chi connectivity index (χ1) is 12.1. The summed E-state index contributed by atoms with van der Waals surface area (Å²) in [6, 6.07) is 6.99. The van der Waals surface area contributed by atoms with E-state index in [0.717, 1.165) is 17.1 Å². The van der Waals surface area contributed by atoms with Gasteiger partial charge in [0.05, 0.1) is 18.4 Å². The van der Waals surface area contributed by atoms with Gasteiger partial charge in [0.1, 0.15) is 12.3 Å². The number of benzene rings is 1. The molecule has 6 heteroatoms. The molecule has 0 spiro atoms. The Labute approximate surface area is 145 Å². The molecule has 2 aliphatic carbocycles. The molecule has 130 valence electrons. The number of fused-ring (bicyclic) bond motifs is 5. The van der Waals surface area contributed by atoms with Crippen LogP contribution in [0.25, 0.3) is 0 Å². The maximum Gasteiger partial charge on any atom is 0.244 e. The summed E-state index contributed by atoms with van der Waals surface area (Å²) in [5.74, 6) is -0.257. The fourth-order valence-electron chi connectivity index (χ4n) is 4.27. The number of ether oxygens (including phenoxy) is 1. The van der Waals surface area contributed by atoms with Crippen molar-refractivity contribution in [3.63, 3.8) is 0 Å². The fraction of sp³-hybridized carbons (Fsp3) is 0.421. The van der Waals surface area contributed by atoms with Crippen LogP contribution in [0.2, 0.25) is 0 Å². The first-order valence-electron chi connectivity index (χ1n) is 8.64. The van der Waals surface area contributed by atoms with E-state index >= 15 is 0 Å². The van der Waals surface area contributed by atoms with Crippen molar-refractivity contribution >= 4 is 23.4 Å². The molecule has 6 nitrogen and oxygen atoms in total. The highest BCUT2D eigenvalue weighted by Crippen LogP contribution is 2.52. The van der Waals surface area contributed by atoms with Gasteiger partial charge in [-0.15, -0.1) is 0 Å². The number of imide groups is 1. The first-order valence-corrected chi connectivity index (χ1v) is 8.64. The highest BCUT2D eigenvalue weighted by atomic mass is 16.5. The summed E-state index contributed by atoms with van der Waals surface area (Å²) in [4.78, 5) is 38.5. The SMILES string of the molecule is CCOc1ccc(NC(=O)CN2C(=O)[C@H]3[C@H](C2=O)[C@H]2C=C[C@H]3C2)cc1. The lowest BCUT2D eigenvalue weighted by molar-refractivity contribution is -0.143. The van der Waals surface area contributed by atoms with Gasteiger partial charge in [0.15, 0.2) is 0 Å². The van der Waals surface area contributed by atoms with Crippen LogP contribution in [-0.2, 0) is 14.4 Å². The van der Waals surface area contributed by atoms with Gasteiger partial charge in [-0.1, -0.05) is 12.2 Å². The van der Waals surface area contributed by atoms with E-state index < -0.39 is 0 Å². The van der Waals surface area contributed by atoms with Crippen molar-refractivity contribution in [3.8, 4) is 5.75 Å². The number of hydrogen-bond donors (Lipinski definition) is 1. The Morgan fingerprint density at radius 2 is 1.72 bits per heavy atom. The van der Waals surface area contributed by atoms with E-state index in [0.29, 0.717) is 12.3 Å². The van der Waals surface area contributed by atoms with E-state index in [9.17, 15) is 14.4 Å². The number of carbonyl (C=O) groups is 3. The van der Waals surface area contributed by atoms with Gasteiger partial charge in [0, 0.05) is 5.69 Å². The molecule has 1 aromatic carbocycles. The normalized spacial score (nSPS) is 29.2. The van der Waals surface area contributed by atoms with Crippen molar-refractivity contribution in [2.45, 2.75) is 13.3 Å². The summed E-state index contributed by atoms with van der Waals surface area (Å²) in [6.07, 6.45) is 4.97. The van der Waals surface area contributed by atoms with E-state index in [1.807, 2.05) is 19.1 Å². The highest BCUT2D eigenvalue weighted by molar-refractivity contribution is 6.09. The van der Waals surface area contributed by atoms with Crippen LogP contribution in [0.4, 0.5) is 5.69 Å². The van der Waals surface area contributed by atoms with Crippen LogP contribution in [0, 0.1) is 23.7 Å². The second-order valence-corrected chi connectivity index (χ2v) is 6.77. The summed E-state index contributed by atoms with van der Waals surface area (Å²) in [5.41, 5.74) is 0.606. The predicted octanol–water partition coefficient (Wildman–Crippen LogP) is 1.83. The number of likely N-dealkylation sites (tertiary alicyclic amines) is 1. The molecule has 1 heterocycles. The summed E-state index contributed by atoms with van der Waals surface area (Å²) < 4.78 is 5.35. The Bertz CT molecular complexity index is 725. The third-order valence-corrected chi connectivity index (χ3v) is 5.31. The second-order valence-electron chi connectivity index (χ2n) is 6.77. The van der Waals surface area contributed by atoms with Gasteiger partial charge in [-0.25, -0.2) is 0 Å². The van der Waals surface area contributed by atoms with Crippen LogP contribution < -0.4 is 10.1 Å². The summed E-state index contributed by atoms with van der Waals surface area (Å²) >= 11 is 0. The van der Waals surface area contributed by atoms with E-state index in [2.05, 4.69) is 5.32 Å². The number of rotatable bonds is 5. The average molecular weight is 340 g/mol. The Morgan fingerprint density at radius 3 is 2.28 bits per heavy atom. The topological polar surface area (TPSA) is 75.7 Å². The van der Waals surface area contributed by atoms with Crippen molar-refractivity contribution in [3.05, 3.63) is 36.4 Å². The molecule has 2 fully saturated rings. The Balaban J connectivity index is 1.40. The standard InChI is InChI=1S/C19H20N2O4/c1-2-25-14-7-5-13(6-8-14)20-15(22)10-21-18(23)16-11-3-4-12(9-11)17(16)19(21)24/h3-8,11-12,16-17H,2,9-10H2,1H3,(H,20,22)/t11-,12-,16+,17+/m0/s1. The van der Waals surface area contributed by atoms with Gasteiger partial charge in [-0.05, 0) is 49.4 Å². The minimum atomic E-state index is -0.369. The van der Waals surface area contributed by atoms with Gasteiger partial charge in [0.2, 0.25) is 17.7 Å². The molecule has 0 aromatic heterocycles. The zero-order chi connectivity index (χ0) is 17.6. The molecule has 3 aliphatic rings. The van der Waals surface area contributed by atoms with Crippen molar-refractivity contribution in [2.24, 2.45) is 23.7 Å². The molecule has 1 saturated heterocycles. The molecule has 4 rings (SSSR count). The van der Waals surface area contributed by atoms with Crippen LogP contribution in [0.15, 0.2) is 36.4 Å². The first kappa shape index (κ1) is 15.9. The number of carbonyl (C=O) groups excluding carboxylic acids is 3. The number of nitrogens with one attached hydrogen (secondary N) is 1. The lowest BCUT2D eigenvalue weighted by Gasteiger charge is -2.16. The number of amides is 3. The molecule has 1 N–H and O–H groups in total. The van der Waals surface area contributed by atoms with E-state index in [1.165, 1.54) is 0 Å².